The number of benzene rings is 2. The molecule has 42 heavy (non-hydrogen) atoms. The fourth-order valence-electron chi connectivity index (χ4n) is 4.02. The normalized spacial score (nSPS) is 17.6. The molecule has 9 nitrogen and oxygen atoms in total. The molecule has 232 valence electrons. The van der Waals surface area contributed by atoms with Crippen LogP contribution in [0.5, 0.6) is 5.75 Å². The molecule has 0 aliphatic carbocycles. The van der Waals surface area contributed by atoms with Crippen molar-refractivity contribution < 1.29 is 58.6 Å². The van der Waals surface area contributed by atoms with E-state index in [1.54, 1.807) is 6.92 Å². The number of rotatable bonds is 8. The summed E-state index contributed by atoms with van der Waals surface area (Å²) in [5.41, 5.74) is -4.48. The highest BCUT2D eigenvalue weighted by molar-refractivity contribution is 7.92. The van der Waals surface area contributed by atoms with Gasteiger partial charge in [0.25, 0.3) is 10.0 Å². The number of amides is 1. The summed E-state index contributed by atoms with van der Waals surface area (Å²) in [6.07, 6.45) is -12.4. The van der Waals surface area contributed by atoms with Gasteiger partial charge < -0.3 is 14.2 Å². The van der Waals surface area contributed by atoms with Crippen LogP contribution in [0.3, 0.4) is 0 Å². The largest absolute Gasteiger partial charge is 0.486 e. The van der Waals surface area contributed by atoms with E-state index in [0.29, 0.717) is 26.0 Å². The number of esters is 1. The van der Waals surface area contributed by atoms with Crippen LogP contribution < -0.4 is 14.4 Å². The summed E-state index contributed by atoms with van der Waals surface area (Å²) in [4.78, 5) is 23.5. The molecule has 0 saturated carbocycles. The SMILES string of the molecule is CCOC(=O)CC[C@@H]1Oc2ccc(NC(=O)OC(C)(C)C(F)(F)F)cc2N(S(=O)(=O)c2cccc(C(F)(F)F)c2)[C@@H]1C. The Morgan fingerprint density at radius 2 is 1.71 bits per heavy atom. The maximum absolute atomic E-state index is 13.8. The summed E-state index contributed by atoms with van der Waals surface area (Å²) in [6.45, 7) is 4.38. The molecule has 1 amide bonds. The van der Waals surface area contributed by atoms with Gasteiger partial charge in [0.2, 0.25) is 5.60 Å². The number of ether oxygens (including phenoxy) is 3. The minimum Gasteiger partial charge on any atom is -0.486 e. The molecule has 0 aromatic heterocycles. The van der Waals surface area contributed by atoms with Crippen molar-refractivity contribution in [2.75, 3.05) is 16.2 Å². The average Bonchev–Trinajstić information content (AvgIpc) is 2.86. The van der Waals surface area contributed by atoms with E-state index in [9.17, 15) is 44.3 Å². The second-order valence-electron chi connectivity index (χ2n) is 9.77. The lowest BCUT2D eigenvalue weighted by Gasteiger charge is -2.41. The van der Waals surface area contributed by atoms with E-state index in [1.807, 2.05) is 0 Å². The molecule has 1 heterocycles. The van der Waals surface area contributed by atoms with Gasteiger partial charge in [-0.3, -0.25) is 14.4 Å². The van der Waals surface area contributed by atoms with Crippen LogP contribution in [0.15, 0.2) is 47.4 Å². The second kappa shape index (κ2) is 11.9. The first-order chi connectivity index (χ1) is 19.3. The number of fused-ring (bicyclic) bond motifs is 1. The molecular formula is C26H28F6N2O7S. The van der Waals surface area contributed by atoms with Gasteiger partial charge in [-0.1, -0.05) is 6.07 Å². The lowest BCUT2D eigenvalue weighted by Crippen LogP contribution is -2.51. The van der Waals surface area contributed by atoms with E-state index in [1.165, 1.54) is 19.1 Å². The number of hydrogen-bond donors (Lipinski definition) is 1. The first kappa shape index (κ1) is 32.8. The minimum atomic E-state index is -4.89. The summed E-state index contributed by atoms with van der Waals surface area (Å²) in [6, 6.07) is 5.46. The molecule has 2 atom stereocenters. The number of halogens is 6. The van der Waals surface area contributed by atoms with E-state index in [2.05, 4.69) is 10.1 Å². The predicted octanol–water partition coefficient (Wildman–Crippen LogP) is 6.28. The van der Waals surface area contributed by atoms with Crippen LogP contribution in [0.1, 0.15) is 46.1 Å². The summed E-state index contributed by atoms with van der Waals surface area (Å²) < 4.78 is 123. The van der Waals surface area contributed by atoms with Crippen molar-refractivity contribution in [1.82, 2.24) is 0 Å². The maximum Gasteiger partial charge on any atom is 0.427 e. The third-order valence-corrected chi connectivity index (χ3v) is 8.21. The monoisotopic (exact) mass is 626 g/mol. The van der Waals surface area contributed by atoms with Gasteiger partial charge in [-0.25, -0.2) is 13.2 Å². The highest BCUT2D eigenvalue weighted by atomic mass is 32.2. The summed E-state index contributed by atoms with van der Waals surface area (Å²) in [7, 11) is -4.74. The minimum absolute atomic E-state index is 0.0209. The van der Waals surface area contributed by atoms with Gasteiger partial charge in [-0.2, -0.15) is 26.3 Å². The zero-order chi connectivity index (χ0) is 31.7. The van der Waals surface area contributed by atoms with Crippen LogP contribution >= 0.6 is 0 Å². The molecule has 0 fully saturated rings. The molecule has 1 N–H and O–H groups in total. The zero-order valence-corrected chi connectivity index (χ0v) is 23.6. The molecule has 2 aromatic rings. The van der Waals surface area contributed by atoms with Crippen LogP contribution in [-0.4, -0.2) is 51.0 Å². The van der Waals surface area contributed by atoms with Gasteiger partial charge in [0.05, 0.1) is 28.8 Å². The van der Waals surface area contributed by atoms with Crippen molar-refractivity contribution in [3.05, 3.63) is 48.0 Å². The van der Waals surface area contributed by atoms with E-state index in [0.717, 1.165) is 22.5 Å². The van der Waals surface area contributed by atoms with E-state index in [4.69, 9.17) is 9.47 Å². The molecule has 16 heteroatoms. The van der Waals surface area contributed by atoms with Crippen molar-refractivity contribution in [2.45, 2.75) is 75.5 Å². The Kier molecular flexibility index (Phi) is 9.29. The Balaban J connectivity index is 2.04. The molecule has 0 radical (unpaired) electrons. The number of carbonyl (C=O) groups excluding carboxylic acids is 2. The molecule has 3 rings (SSSR count). The second-order valence-corrected chi connectivity index (χ2v) is 11.6. The number of carbonyl (C=O) groups is 2. The summed E-state index contributed by atoms with van der Waals surface area (Å²) >= 11 is 0. The van der Waals surface area contributed by atoms with Crippen molar-refractivity contribution >= 4 is 33.5 Å². The fraction of sp³-hybridized carbons (Fsp3) is 0.462. The lowest BCUT2D eigenvalue weighted by atomic mass is 10.0. The van der Waals surface area contributed by atoms with Crippen LogP contribution in [0.2, 0.25) is 0 Å². The third-order valence-electron chi connectivity index (χ3n) is 6.32. The van der Waals surface area contributed by atoms with E-state index < -0.39 is 62.6 Å². The molecule has 0 spiro atoms. The Bertz CT molecular complexity index is 1430. The number of sulfonamides is 1. The first-order valence-electron chi connectivity index (χ1n) is 12.5. The first-order valence-corrected chi connectivity index (χ1v) is 14.0. The van der Waals surface area contributed by atoms with Crippen molar-refractivity contribution in [2.24, 2.45) is 0 Å². The molecule has 2 aromatic carbocycles. The molecule has 0 saturated heterocycles. The van der Waals surface area contributed by atoms with Crippen LogP contribution in [0.4, 0.5) is 42.5 Å². The number of anilines is 2. The highest BCUT2D eigenvalue weighted by Gasteiger charge is 2.51. The average molecular weight is 627 g/mol. The van der Waals surface area contributed by atoms with Gasteiger partial charge in [0.15, 0.2) is 0 Å². The molecule has 0 unspecified atom stereocenters. The smallest absolute Gasteiger partial charge is 0.427 e. The standard InChI is InChI=1S/C26H28F6N2O7S/c1-5-39-22(35)12-11-20-15(2)34(42(37,38)18-8-6-7-16(13-18)25(27,28)29)19-14-17(9-10-21(19)40-20)33-23(36)41-24(3,4)26(30,31)32/h6-10,13-15,20H,5,11-12H2,1-4H3,(H,33,36)/t15-,20+/m1/s1. The fourth-order valence-corrected chi connectivity index (χ4v) is 5.75. The van der Waals surface area contributed by atoms with Gasteiger partial charge in [0, 0.05) is 12.1 Å². The Morgan fingerprint density at radius 3 is 2.31 bits per heavy atom. The number of nitrogens with one attached hydrogen (secondary N) is 1. The Morgan fingerprint density at radius 1 is 1.05 bits per heavy atom. The van der Waals surface area contributed by atoms with Gasteiger partial charge >= 0.3 is 24.4 Å². The predicted molar refractivity (Wildman–Crippen MR) is 138 cm³/mol. The quantitative estimate of drug-likeness (QED) is 0.271. The Labute approximate surface area is 237 Å². The number of alkyl halides is 6. The van der Waals surface area contributed by atoms with Crippen molar-refractivity contribution in [1.29, 1.82) is 0 Å². The molecule has 0 bridgehead atoms. The van der Waals surface area contributed by atoms with Gasteiger partial charge in [0.1, 0.15) is 11.9 Å². The van der Waals surface area contributed by atoms with E-state index in [-0.39, 0.29) is 36.6 Å². The number of hydrogen-bond acceptors (Lipinski definition) is 7. The number of nitrogens with zero attached hydrogens (tertiary/aromatic N) is 1. The van der Waals surface area contributed by atoms with E-state index >= 15 is 0 Å². The summed E-state index contributed by atoms with van der Waals surface area (Å²) in [5, 5.41) is 2.09. The molecule has 1 aliphatic rings. The highest BCUT2D eigenvalue weighted by Crippen LogP contribution is 2.43. The van der Waals surface area contributed by atoms with Crippen LogP contribution in [-0.2, 0) is 30.5 Å². The van der Waals surface area contributed by atoms with Crippen LogP contribution in [0, 0.1) is 0 Å². The lowest BCUT2D eigenvalue weighted by molar-refractivity contribution is -0.242. The molecule has 1 aliphatic heterocycles. The van der Waals surface area contributed by atoms with Gasteiger partial charge in [-0.15, -0.1) is 0 Å². The third kappa shape index (κ3) is 7.20. The maximum atomic E-state index is 13.8. The van der Waals surface area contributed by atoms with Crippen molar-refractivity contribution in [3.8, 4) is 5.75 Å². The zero-order valence-electron chi connectivity index (χ0n) is 22.8. The summed E-state index contributed by atoms with van der Waals surface area (Å²) in [5.74, 6) is -0.654. The van der Waals surface area contributed by atoms with Crippen molar-refractivity contribution in [3.63, 3.8) is 0 Å². The topological polar surface area (TPSA) is 111 Å². The van der Waals surface area contributed by atoms with Gasteiger partial charge in [-0.05, 0) is 70.5 Å². The Hall–Kier alpha value is -3.69. The molecular weight excluding hydrogens is 598 g/mol. The van der Waals surface area contributed by atoms with Crippen LogP contribution in [0.25, 0.3) is 0 Å².